The molecule has 0 spiro atoms. The molecule has 0 atom stereocenters. The molecule has 229 valence electrons. The van der Waals surface area contributed by atoms with Crippen molar-refractivity contribution in [2.75, 3.05) is 0 Å². The minimum atomic E-state index is -0.417. The Hall–Kier alpha value is -3.79. The second-order valence-electron chi connectivity index (χ2n) is 13.5. The van der Waals surface area contributed by atoms with Crippen molar-refractivity contribution in [3.05, 3.63) is 102 Å². The average Bonchev–Trinajstić information content (AvgIpc) is 3.35. The summed E-state index contributed by atoms with van der Waals surface area (Å²) in [4.78, 5) is 16.5. The first kappa shape index (κ1) is 33.1. The minimum absolute atomic E-state index is 0. The molecule has 1 N–H and O–H groups in total. The third kappa shape index (κ3) is 6.65. The molecule has 44 heavy (non-hydrogen) atoms. The molecule has 0 saturated carbocycles. The van der Waals surface area contributed by atoms with E-state index < -0.39 is 5.41 Å². The van der Waals surface area contributed by atoms with E-state index in [0.29, 0.717) is 5.92 Å². The number of aliphatic hydroxyl groups is 1. The molecule has 4 aromatic carbocycles. The molecular formula is C39H40IrNO3-. The number of ketones is 1. The molecule has 0 fully saturated rings. The molecule has 0 aliphatic heterocycles. The minimum Gasteiger partial charge on any atom is -0.512 e. The topological polar surface area (TPSA) is 63.3 Å². The zero-order valence-corrected chi connectivity index (χ0v) is 29.1. The number of allylic oxidation sites excluding steroid dienone is 2. The summed E-state index contributed by atoms with van der Waals surface area (Å²) < 4.78 is 6.37. The number of carbonyl (C=O) groups is 1. The molecule has 4 nitrogen and oxygen atoms in total. The standard InChI is InChI=1S/C28H20NO.C11H20O2.Ir/c1-17(2)18-14-15-20-19(16-18)8-7-11-21(20)27-28-26(22-9-3-5-12-24(22)29-27)23-10-4-6-13-25(23)30-28;1-10(2,3)8(12)7-9(13)11(4,5)6;/h3-10,12-17H,1-2H3;7,12H,1-6H3;/q-1;;/b;8-7-;. The van der Waals surface area contributed by atoms with E-state index in [1.165, 1.54) is 17.0 Å². The van der Waals surface area contributed by atoms with Gasteiger partial charge in [0.15, 0.2) is 5.78 Å². The maximum Gasteiger partial charge on any atom is 0.164 e. The molecule has 0 bridgehead atoms. The Morgan fingerprint density at radius 2 is 1.52 bits per heavy atom. The van der Waals surface area contributed by atoms with E-state index in [0.717, 1.165) is 49.5 Å². The van der Waals surface area contributed by atoms with Crippen molar-refractivity contribution in [2.45, 2.75) is 61.3 Å². The van der Waals surface area contributed by atoms with Crippen LogP contribution in [0.15, 0.2) is 95.1 Å². The van der Waals surface area contributed by atoms with Crippen molar-refractivity contribution in [3.8, 4) is 11.3 Å². The fourth-order valence-corrected chi connectivity index (χ4v) is 4.95. The zero-order chi connectivity index (χ0) is 31.1. The van der Waals surface area contributed by atoms with E-state index in [4.69, 9.17) is 9.40 Å². The summed E-state index contributed by atoms with van der Waals surface area (Å²) in [6.45, 7) is 15.6. The van der Waals surface area contributed by atoms with Crippen LogP contribution in [0.2, 0.25) is 0 Å². The number of carbonyl (C=O) groups excluding carboxylic acids is 1. The predicted molar refractivity (Wildman–Crippen MR) is 180 cm³/mol. The van der Waals surface area contributed by atoms with Crippen LogP contribution in [0.3, 0.4) is 0 Å². The van der Waals surface area contributed by atoms with E-state index in [1.54, 1.807) is 0 Å². The summed E-state index contributed by atoms with van der Waals surface area (Å²) in [6, 6.07) is 30.8. The van der Waals surface area contributed by atoms with Crippen LogP contribution in [0.25, 0.3) is 54.9 Å². The number of pyridine rings is 1. The van der Waals surface area contributed by atoms with Gasteiger partial charge in [-0.25, -0.2) is 0 Å². The number of rotatable bonds is 3. The van der Waals surface area contributed by atoms with Gasteiger partial charge in [-0.3, -0.25) is 9.78 Å². The van der Waals surface area contributed by atoms with Crippen LogP contribution in [0.5, 0.6) is 0 Å². The van der Waals surface area contributed by atoms with E-state index in [-0.39, 0.29) is 37.1 Å². The number of furan rings is 1. The van der Waals surface area contributed by atoms with Gasteiger partial charge in [0.1, 0.15) is 16.9 Å². The molecule has 0 saturated heterocycles. The summed E-state index contributed by atoms with van der Waals surface area (Å²) in [5, 5.41) is 15.3. The summed E-state index contributed by atoms with van der Waals surface area (Å²) in [5.74, 6) is 0.593. The molecule has 0 unspecified atom stereocenters. The number of para-hydroxylation sites is 2. The van der Waals surface area contributed by atoms with Gasteiger partial charge in [0.05, 0.1) is 5.52 Å². The maximum absolute atomic E-state index is 11.5. The predicted octanol–water partition coefficient (Wildman–Crippen LogP) is 11.0. The van der Waals surface area contributed by atoms with Gasteiger partial charge in [0.2, 0.25) is 0 Å². The normalized spacial score (nSPS) is 12.4. The first-order valence-corrected chi connectivity index (χ1v) is 14.9. The van der Waals surface area contributed by atoms with Gasteiger partial charge in [-0.2, -0.15) is 0 Å². The van der Waals surface area contributed by atoms with Gasteiger partial charge >= 0.3 is 0 Å². The van der Waals surface area contributed by atoms with Gasteiger partial charge < -0.3 is 9.52 Å². The van der Waals surface area contributed by atoms with Crippen LogP contribution in [0, 0.1) is 16.9 Å². The number of benzene rings is 4. The number of aliphatic hydroxyl groups excluding tert-OH is 1. The van der Waals surface area contributed by atoms with Gasteiger partial charge in [0, 0.05) is 58.9 Å². The van der Waals surface area contributed by atoms with E-state index >= 15 is 0 Å². The third-order valence-electron chi connectivity index (χ3n) is 7.73. The van der Waals surface area contributed by atoms with Gasteiger partial charge in [-0.05, 0) is 23.6 Å². The first-order valence-electron chi connectivity index (χ1n) is 14.9. The fraction of sp³-hybridized carbons (Fsp3) is 0.282. The number of hydrogen-bond acceptors (Lipinski definition) is 4. The third-order valence-corrected chi connectivity index (χ3v) is 7.73. The largest absolute Gasteiger partial charge is 0.512 e. The number of fused-ring (bicyclic) bond motifs is 6. The van der Waals surface area contributed by atoms with Crippen molar-refractivity contribution in [2.24, 2.45) is 10.8 Å². The van der Waals surface area contributed by atoms with Gasteiger partial charge in [-0.1, -0.05) is 115 Å². The Bertz CT molecular complexity index is 2000. The Morgan fingerprint density at radius 1 is 0.864 bits per heavy atom. The molecule has 0 aliphatic rings. The molecule has 2 aromatic heterocycles. The van der Waals surface area contributed by atoms with Crippen LogP contribution in [-0.2, 0) is 24.9 Å². The van der Waals surface area contributed by atoms with Crippen molar-refractivity contribution in [1.82, 2.24) is 4.98 Å². The van der Waals surface area contributed by atoms with Gasteiger partial charge in [-0.15, -0.1) is 29.1 Å². The van der Waals surface area contributed by atoms with Crippen LogP contribution < -0.4 is 0 Å². The smallest absolute Gasteiger partial charge is 0.164 e. The quantitative estimate of drug-likeness (QED) is 0.111. The number of aromatic nitrogens is 1. The van der Waals surface area contributed by atoms with Crippen LogP contribution in [0.1, 0.15) is 66.9 Å². The summed E-state index contributed by atoms with van der Waals surface area (Å²) >= 11 is 0. The van der Waals surface area contributed by atoms with Crippen LogP contribution in [-0.4, -0.2) is 15.9 Å². The van der Waals surface area contributed by atoms with E-state index in [1.807, 2.05) is 65.8 Å². The van der Waals surface area contributed by atoms with Crippen molar-refractivity contribution >= 4 is 49.4 Å². The second-order valence-corrected chi connectivity index (χ2v) is 13.5. The molecule has 6 rings (SSSR count). The molecular weight excluding hydrogens is 723 g/mol. The molecule has 0 amide bonds. The summed E-state index contributed by atoms with van der Waals surface area (Å²) in [7, 11) is 0. The maximum atomic E-state index is 11.5. The van der Waals surface area contributed by atoms with E-state index in [2.05, 4.69) is 74.5 Å². The molecule has 1 radical (unpaired) electrons. The van der Waals surface area contributed by atoms with Crippen LogP contribution >= 0.6 is 0 Å². The van der Waals surface area contributed by atoms with E-state index in [9.17, 15) is 9.90 Å². The average molecular weight is 763 g/mol. The Morgan fingerprint density at radius 3 is 2.18 bits per heavy atom. The van der Waals surface area contributed by atoms with Crippen molar-refractivity contribution in [3.63, 3.8) is 0 Å². The van der Waals surface area contributed by atoms with Crippen LogP contribution in [0.4, 0.5) is 0 Å². The molecule has 5 heteroatoms. The Kier molecular flexibility index (Phi) is 9.54. The molecule has 0 aliphatic carbocycles. The molecule has 6 aromatic rings. The zero-order valence-electron chi connectivity index (χ0n) is 26.7. The SMILES string of the molecule is CC(C)(C)C(=O)/C=C(\O)C(C)(C)C.CC(C)c1ccc2c(-c3nc4ccccc4c4c3oc3ccccc34)[c-]ccc2c1.[Ir]. The summed E-state index contributed by atoms with van der Waals surface area (Å²) in [5.41, 5.74) is 5.08. The van der Waals surface area contributed by atoms with Crippen molar-refractivity contribution < 1.29 is 34.4 Å². The first-order chi connectivity index (χ1) is 20.3. The summed E-state index contributed by atoms with van der Waals surface area (Å²) in [6.07, 6.45) is 1.33. The Balaban J connectivity index is 0.000000271. The monoisotopic (exact) mass is 763 g/mol. The molecule has 2 heterocycles. The number of nitrogens with zero attached hydrogens (tertiary/aromatic N) is 1. The van der Waals surface area contributed by atoms with Crippen molar-refractivity contribution in [1.29, 1.82) is 0 Å². The number of hydrogen-bond donors (Lipinski definition) is 1. The fourth-order valence-electron chi connectivity index (χ4n) is 4.95. The van der Waals surface area contributed by atoms with Gasteiger partial charge in [0.25, 0.3) is 0 Å². The Labute approximate surface area is 273 Å². The second kappa shape index (κ2) is 12.7.